The van der Waals surface area contributed by atoms with Crippen LogP contribution in [0.5, 0.6) is 0 Å². The first-order valence-electron chi connectivity index (χ1n) is 4.39. The van der Waals surface area contributed by atoms with E-state index in [-0.39, 0.29) is 0 Å². The van der Waals surface area contributed by atoms with E-state index in [0.29, 0.717) is 5.88 Å². The van der Waals surface area contributed by atoms with Gasteiger partial charge in [0.15, 0.2) is 0 Å². The number of nitrogens with zero attached hydrogens (tertiary/aromatic N) is 1. The Hall–Kier alpha value is -0.570. The summed E-state index contributed by atoms with van der Waals surface area (Å²) >= 11 is 5.66. The molecule has 0 radical (unpaired) electrons. The second kappa shape index (κ2) is 5.97. The lowest BCUT2D eigenvalue weighted by atomic mass is 10.2. The maximum Gasteiger partial charge on any atom is 0.0382 e. The molecule has 0 amide bonds. The average molecular weight is 199 g/mol. The summed E-state index contributed by atoms with van der Waals surface area (Å²) in [6.45, 7) is 1.75. The van der Waals surface area contributed by atoms with Crippen LogP contribution in [0.2, 0.25) is 0 Å². The average Bonchev–Trinajstić information content (AvgIpc) is 2.19. The number of halogens is 1. The van der Waals surface area contributed by atoms with Crippen molar-refractivity contribution in [2.75, 3.05) is 19.5 Å². The quantitative estimate of drug-likeness (QED) is 0.574. The third-order valence-corrected chi connectivity index (χ3v) is 2.06. The standard InChI is InChI=1S/C10H15ClN2/c1-12-13(8-7-11)9-10-5-3-2-4-6-10/h2-6,12H,7-9H2,1H3. The lowest BCUT2D eigenvalue weighted by molar-refractivity contribution is 0.211. The number of hydrogen-bond donors (Lipinski definition) is 1. The first-order chi connectivity index (χ1) is 6.36. The molecule has 0 bridgehead atoms. The second-order valence-corrected chi connectivity index (χ2v) is 3.20. The van der Waals surface area contributed by atoms with E-state index in [2.05, 4.69) is 22.6 Å². The van der Waals surface area contributed by atoms with E-state index in [1.54, 1.807) is 0 Å². The van der Waals surface area contributed by atoms with Crippen molar-refractivity contribution in [3.05, 3.63) is 35.9 Å². The third kappa shape index (κ3) is 3.77. The molecule has 0 unspecified atom stereocenters. The van der Waals surface area contributed by atoms with Crippen LogP contribution < -0.4 is 5.43 Å². The van der Waals surface area contributed by atoms with E-state index in [1.165, 1.54) is 5.56 Å². The van der Waals surface area contributed by atoms with Crippen LogP contribution in [0.25, 0.3) is 0 Å². The highest BCUT2D eigenvalue weighted by molar-refractivity contribution is 6.18. The van der Waals surface area contributed by atoms with Crippen molar-refractivity contribution < 1.29 is 0 Å². The summed E-state index contributed by atoms with van der Waals surface area (Å²) in [5.41, 5.74) is 4.39. The molecule has 1 aromatic rings. The van der Waals surface area contributed by atoms with E-state index in [9.17, 15) is 0 Å². The van der Waals surface area contributed by atoms with Crippen molar-refractivity contribution >= 4 is 11.6 Å². The molecule has 0 fully saturated rings. The third-order valence-electron chi connectivity index (χ3n) is 1.89. The Morgan fingerprint density at radius 1 is 1.31 bits per heavy atom. The van der Waals surface area contributed by atoms with E-state index in [0.717, 1.165) is 13.1 Å². The van der Waals surface area contributed by atoms with Crippen molar-refractivity contribution in [1.82, 2.24) is 10.4 Å². The molecule has 0 aliphatic heterocycles. The van der Waals surface area contributed by atoms with Crippen molar-refractivity contribution in [2.45, 2.75) is 6.54 Å². The summed E-state index contributed by atoms with van der Waals surface area (Å²) in [7, 11) is 1.91. The zero-order chi connectivity index (χ0) is 9.52. The molecule has 3 heteroatoms. The molecule has 0 saturated carbocycles. The minimum Gasteiger partial charge on any atom is -0.258 e. The maximum atomic E-state index is 5.66. The SMILES string of the molecule is CNN(CCCl)Cc1ccccc1. The lowest BCUT2D eigenvalue weighted by Gasteiger charge is -2.19. The lowest BCUT2D eigenvalue weighted by Crippen LogP contribution is -2.35. The molecule has 0 aliphatic rings. The van der Waals surface area contributed by atoms with E-state index >= 15 is 0 Å². The Morgan fingerprint density at radius 3 is 2.54 bits per heavy atom. The Morgan fingerprint density at radius 2 is 2.00 bits per heavy atom. The molecule has 0 heterocycles. The first-order valence-corrected chi connectivity index (χ1v) is 4.92. The molecule has 0 saturated heterocycles. The Balaban J connectivity index is 2.46. The van der Waals surface area contributed by atoms with Crippen LogP contribution in [-0.4, -0.2) is 24.5 Å². The van der Waals surface area contributed by atoms with Crippen LogP contribution >= 0.6 is 11.6 Å². The van der Waals surface area contributed by atoms with Crippen LogP contribution in [0.4, 0.5) is 0 Å². The normalized spacial score (nSPS) is 10.7. The van der Waals surface area contributed by atoms with E-state index < -0.39 is 0 Å². The van der Waals surface area contributed by atoms with Gasteiger partial charge in [-0.2, -0.15) is 0 Å². The number of nitrogens with one attached hydrogen (secondary N) is 1. The molecule has 2 nitrogen and oxygen atoms in total. The van der Waals surface area contributed by atoms with Gasteiger partial charge in [0.05, 0.1) is 0 Å². The molecule has 72 valence electrons. The Bertz CT molecular complexity index is 226. The zero-order valence-electron chi connectivity index (χ0n) is 7.83. The van der Waals surface area contributed by atoms with Gasteiger partial charge in [-0.05, 0) is 12.6 Å². The predicted molar refractivity (Wildman–Crippen MR) is 56.6 cm³/mol. The van der Waals surface area contributed by atoms with E-state index in [1.807, 2.05) is 25.2 Å². The minimum absolute atomic E-state index is 0.647. The van der Waals surface area contributed by atoms with Gasteiger partial charge in [-0.1, -0.05) is 30.3 Å². The van der Waals surface area contributed by atoms with Crippen LogP contribution in [-0.2, 0) is 6.54 Å². The van der Waals surface area contributed by atoms with E-state index in [4.69, 9.17) is 11.6 Å². The summed E-state index contributed by atoms with van der Waals surface area (Å²) in [6, 6.07) is 10.3. The highest BCUT2D eigenvalue weighted by atomic mass is 35.5. The topological polar surface area (TPSA) is 15.3 Å². The van der Waals surface area contributed by atoms with Gasteiger partial charge in [0.25, 0.3) is 0 Å². The minimum atomic E-state index is 0.647. The maximum absolute atomic E-state index is 5.66. The molecule has 13 heavy (non-hydrogen) atoms. The van der Waals surface area contributed by atoms with Gasteiger partial charge < -0.3 is 0 Å². The fourth-order valence-corrected chi connectivity index (χ4v) is 1.38. The van der Waals surface area contributed by atoms with Gasteiger partial charge in [0.1, 0.15) is 0 Å². The van der Waals surface area contributed by atoms with Crippen LogP contribution in [0.1, 0.15) is 5.56 Å². The largest absolute Gasteiger partial charge is 0.258 e. The molecule has 1 rings (SSSR count). The Kier molecular flexibility index (Phi) is 4.83. The van der Waals surface area contributed by atoms with Crippen LogP contribution in [0.15, 0.2) is 30.3 Å². The molecule has 0 aliphatic carbocycles. The zero-order valence-corrected chi connectivity index (χ0v) is 8.59. The molecule has 1 N–H and O–H groups in total. The summed E-state index contributed by atoms with van der Waals surface area (Å²) in [6.07, 6.45) is 0. The highest BCUT2D eigenvalue weighted by Gasteiger charge is 2.00. The van der Waals surface area contributed by atoms with Gasteiger partial charge >= 0.3 is 0 Å². The summed E-state index contributed by atoms with van der Waals surface area (Å²) in [5.74, 6) is 0.647. The summed E-state index contributed by atoms with van der Waals surface area (Å²) in [4.78, 5) is 0. The second-order valence-electron chi connectivity index (χ2n) is 2.82. The van der Waals surface area contributed by atoms with Gasteiger partial charge in [-0.3, -0.25) is 5.43 Å². The fourth-order valence-electron chi connectivity index (χ4n) is 1.18. The predicted octanol–water partition coefficient (Wildman–Crippen LogP) is 1.86. The smallest absolute Gasteiger partial charge is 0.0382 e. The van der Waals surface area contributed by atoms with Crippen molar-refractivity contribution in [3.8, 4) is 0 Å². The van der Waals surface area contributed by atoms with Crippen molar-refractivity contribution in [3.63, 3.8) is 0 Å². The number of rotatable bonds is 5. The summed E-state index contributed by atoms with van der Waals surface area (Å²) in [5, 5.41) is 2.09. The fraction of sp³-hybridized carbons (Fsp3) is 0.400. The highest BCUT2D eigenvalue weighted by Crippen LogP contribution is 2.01. The summed E-state index contributed by atoms with van der Waals surface area (Å²) < 4.78 is 0. The monoisotopic (exact) mass is 198 g/mol. The van der Waals surface area contributed by atoms with Gasteiger partial charge in [0, 0.05) is 19.0 Å². The number of benzene rings is 1. The number of hydrazine groups is 1. The molecule has 0 aromatic heterocycles. The van der Waals surface area contributed by atoms with Crippen LogP contribution in [0.3, 0.4) is 0 Å². The van der Waals surface area contributed by atoms with Gasteiger partial charge in [-0.25, -0.2) is 5.01 Å². The number of hydrogen-bond acceptors (Lipinski definition) is 2. The molecular weight excluding hydrogens is 184 g/mol. The molecule has 1 aromatic carbocycles. The van der Waals surface area contributed by atoms with Crippen molar-refractivity contribution in [2.24, 2.45) is 0 Å². The molecule has 0 atom stereocenters. The van der Waals surface area contributed by atoms with Gasteiger partial charge in [0.2, 0.25) is 0 Å². The van der Waals surface area contributed by atoms with Crippen molar-refractivity contribution in [1.29, 1.82) is 0 Å². The Labute approximate surface area is 84.5 Å². The first kappa shape index (κ1) is 10.5. The number of alkyl halides is 1. The van der Waals surface area contributed by atoms with Crippen LogP contribution in [0, 0.1) is 0 Å². The molecule has 0 spiro atoms. The van der Waals surface area contributed by atoms with Gasteiger partial charge in [-0.15, -0.1) is 11.6 Å². The molecular formula is C10H15ClN2.